The van der Waals surface area contributed by atoms with Gasteiger partial charge < -0.3 is 10.8 Å². The second kappa shape index (κ2) is 5.45. The van der Waals surface area contributed by atoms with Crippen molar-refractivity contribution in [3.63, 3.8) is 0 Å². The summed E-state index contributed by atoms with van der Waals surface area (Å²) in [4.78, 5) is 14.8. The van der Waals surface area contributed by atoms with Crippen molar-refractivity contribution in [1.82, 2.24) is 0 Å². The van der Waals surface area contributed by atoms with Gasteiger partial charge in [0.25, 0.3) is 0 Å². The molecule has 3 N–H and O–H groups in total. The molecule has 0 aliphatic heterocycles. The summed E-state index contributed by atoms with van der Waals surface area (Å²) in [7, 11) is 0. The summed E-state index contributed by atoms with van der Waals surface area (Å²) in [6, 6.07) is 3.85. The van der Waals surface area contributed by atoms with E-state index in [9.17, 15) is 9.18 Å². The molecule has 0 aliphatic rings. The van der Waals surface area contributed by atoms with Crippen LogP contribution in [0.4, 0.5) is 10.1 Å². The van der Waals surface area contributed by atoms with Gasteiger partial charge in [-0.3, -0.25) is 4.99 Å². The van der Waals surface area contributed by atoms with Crippen LogP contribution >= 0.6 is 11.6 Å². The molecule has 0 saturated carbocycles. The van der Waals surface area contributed by atoms with Gasteiger partial charge in [0.2, 0.25) is 0 Å². The van der Waals surface area contributed by atoms with Gasteiger partial charge >= 0.3 is 5.97 Å². The van der Waals surface area contributed by atoms with Crippen molar-refractivity contribution >= 4 is 29.0 Å². The zero-order valence-electron chi connectivity index (χ0n) is 8.95. The number of hydrogen-bond donors (Lipinski definition) is 2. The van der Waals surface area contributed by atoms with E-state index < -0.39 is 11.8 Å². The molecule has 17 heavy (non-hydrogen) atoms. The Morgan fingerprint density at radius 3 is 2.71 bits per heavy atom. The Bertz CT molecular complexity index is 512. The van der Waals surface area contributed by atoms with E-state index in [-0.39, 0.29) is 16.3 Å². The molecule has 90 valence electrons. The summed E-state index contributed by atoms with van der Waals surface area (Å²) in [6.07, 6.45) is 0.951. The molecule has 0 aromatic heterocycles. The molecule has 0 heterocycles. The van der Waals surface area contributed by atoms with Gasteiger partial charge in [0, 0.05) is 6.20 Å². The van der Waals surface area contributed by atoms with Crippen LogP contribution in [0.1, 0.15) is 6.92 Å². The van der Waals surface area contributed by atoms with Crippen LogP contribution in [0.25, 0.3) is 0 Å². The molecule has 0 saturated heterocycles. The minimum absolute atomic E-state index is 0.0762. The number of nitrogens with zero attached hydrogens (tertiary/aromatic N) is 1. The van der Waals surface area contributed by atoms with E-state index in [4.69, 9.17) is 22.4 Å². The Labute approximate surface area is 102 Å². The number of carbonyl (C=O) groups is 1. The van der Waals surface area contributed by atoms with Gasteiger partial charge in [0.05, 0.1) is 22.0 Å². The fourth-order valence-corrected chi connectivity index (χ4v) is 1.33. The number of benzene rings is 1. The highest BCUT2D eigenvalue weighted by Crippen LogP contribution is 2.22. The van der Waals surface area contributed by atoms with Gasteiger partial charge in [0.15, 0.2) is 0 Å². The van der Waals surface area contributed by atoms with E-state index in [0.29, 0.717) is 5.69 Å². The molecule has 0 spiro atoms. The van der Waals surface area contributed by atoms with Crippen LogP contribution in [-0.2, 0) is 4.79 Å². The smallest absolute Gasteiger partial charge is 0.339 e. The topological polar surface area (TPSA) is 75.7 Å². The van der Waals surface area contributed by atoms with Crippen molar-refractivity contribution in [3.05, 3.63) is 40.8 Å². The number of carboxylic acid groups (broad SMARTS) is 1. The molecular formula is C11H10ClFN2O2. The lowest BCUT2D eigenvalue weighted by atomic mass is 10.2. The number of carboxylic acids is 1. The molecule has 0 atom stereocenters. The highest BCUT2D eigenvalue weighted by atomic mass is 35.5. The van der Waals surface area contributed by atoms with E-state index in [2.05, 4.69) is 4.99 Å². The first-order valence-corrected chi connectivity index (χ1v) is 4.99. The van der Waals surface area contributed by atoms with E-state index in [1.165, 1.54) is 19.1 Å². The summed E-state index contributed by atoms with van der Waals surface area (Å²) in [5, 5.41) is 8.73. The largest absolute Gasteiger partial charge is 0.478 e. The summed E-state index contributed by atoms with van der Waals surface area (Å²) >= 11 is 5.57. The van der Waals surface area contributed by atoms with Crippen LogP contribution in [0.2, 0.25) is 5.02 Å². The normalized spacial score (nSPS) is 12.6. The first-order valence-electron chi connectivity index (χ1n) is 4.61. The van der Waals surface area contributed by atoms with Gasteiger partial charge in [-0.2, -0.15) is 0 Å². The molecule has 6 heteroatoms. The van der Waals surface area contributed by atoms with Crippen molar-refractivity contribution in [3.8, 4) is 0 Å². The predicted octanol–water partition coefficient (Wildman–Crippen LogP) is 2.50. The van der Waals surface area contributed by atoms with Crippen molar-refractivity contribution in [1.29, 1.82) is 0 Å². The lowest BCUT2D eigenvalue weighted by molar-refractivity contribution is -0.132. The third kappa shape index (κ3) is 3.29. The van der Waals surface area contributed by atoms with Crippen molar-refractivity contribution < 1.29 is 14.3 Å². The third-order valence-electron chi connectivity index (χ3n) is 1.99. The molecule has 1 rings (SSSR count). The maximum Gasteiger partial charge on any atom is 0.339 e. The number of aliphatic carboxylic acids is 1. The fraction of sp³-hybridized carbons (Fsp3) is 0.0909. The Morgan fingerprint density at radius 1 is 1.59 bits per heavy atom. The highest BCUT2D eigenvalue weighted by molar-refractivity contribution is 6.31. The van der Waals surface area contributed by atoms with Gasteiger partial charge in [-0.05, 0) is 25.1 Å². The Balaban J connectivity index is 3.10. The summed E-state index contributed by atoms with van der Waals surface area (Å²) in [5.74, 6) is -1.74. The predicted molar refractivity (Wildman–Crippen MR) is 64.1 cm³/mol. The molecule has 0 bridgehead atoms. The molecule has 1 aromatic rings. The van der Waals surface area contributed by atoms with Gasteiger partial charge in [0.1, 0.15) is 5.82 Å². The summed E-state index contributed by atoms with van der Waals surface area (Å²) in [6.45, 7) is 1.49. The maximum absolute atomic E-state index is 12.9. The minimum atomic E-state index is -1.18. The van der Waals surface area contributed by atoms with Crippen LogP contribution in [0, 0.1) is 5.82 Å². The molecule has 0 fully saturated rings. The Morgan fingerprint density at radius 2 is 2.24 bits per heavy atom. The zero-order valence-corrected chi connectivity index (χ0v) is 9.70. The molecule has 4 nitrogen and oxygen atoms in total. The standard InChI is InChI=1S/C11H10ClFN2O2/c1-6(8(5-14)11(16)17)15-7-2-3-10(13)9(12)4-7/h2-5H,14H2,1H3,(H,16,17). The van der Waals surface area contributed by atoms with Crippen LogP contribution < -0.4 is 5.73 Å². The van der Waals surface area contributed by atoms with E-state index in [0.717, 1.165) is 12.3 Å². The average Bonchev–Trinajstić information content (AvgIpc) is 2.24. The molecule has 0 amide bonds. The van der Waals surface area contributed by atoms with Gasteiger partial charge in [-0.1, -0.05) is 11.6 Å². The van der Waals surface area contributed by atoms with Gasteiger partial charge in [-0.25, -0.2) is 9.18 Å². The number of hydrogen-bond acceptors (Lipinski definition) is 3. The molecule has 0 unspecified atom stereocenters. The van der Waals surface area contributed by atoms with Crippen LogP contribution in [0.15, 0.2) is 35.0 Å². The summed E-state index contributed by atoms with van der Waals surface area (Å²) < 4.78 is 12.9. The lowest BCUT2D eigenvalue weighted by Crippen LogP contribution is -2.11. The maximum atomic E-state index is 12.9. The number of aliphatic imine (C=N–C) groups is 1. The van der Waals surface area contributed by atoms with Gasteiger partial charge in [-0.15, -0.1) is 0 Å². The monoisotopic (exact) mass is 256 g/mol. The van der Waals surface area contributed by atoms with Crippen LogP contribution in [-0.4, -0.2) is 16.8 Å². The second-order valence-corrected chi connectivity index (χ2v) is 3.59. The number of halogens is 2. The average molecular weight is 257 g/mol. The zero-order chi connectivity index (χ0) is 13.0. The third-order valence-corrected chi connectivity index (χ3v) is 2.28. The minimum Gasteiger partial charge on any atom is -0.478 e. The second-order valence-electron chi connectivity index (χ2n) is 3.18. The van der Waals surface area contributed by atoms with E-state index in [1.807, 2.05) is 0 Å². The summed E-state index contributed by atoms with van der Waals surface area (Å²) in [5.41, 5.74) is 5.62. The Kier molecular flexibility index (Phi) is 4.23. The quantitative estimate of drug-likeness (QED) is 0.644. The fourth-order valence-electron chi connectivity index (χ4n) is 1.16. The number of rotatable bonds is 3. The highest BCUT2D eigenvalue weighted by Gasteiger charge is 2.10. The first-order chi connectivity index (χ1) is 7.95. The Hall–Kier alpha value is -1.88. The molecular weight excluding hydrogens is 247 g/mol. The van der Waals surface area contributed by atoms with Crippen molar-refractivity contribution in [2.45, 2.75) is 6.92 Å². The van der Waals surface area contributed by atoms with E-state index in [1.54, 1.807) is 0 Å². The first kappa shape index (κ1) is 13.2. The SMILES string of the molecule is CC(=Nc1ccc(F)c(Cl)c1)C(=CN)C(=O)O. The van der Waals surface area contributed by atoms with E-state index >= 15 is 0 Å². The number of nitrogens with two attached hydrogens (primary N) is 1. The van der Waals surface area contributed by atoms with Crippen LogP contribution in [0.5, 0.6) is 0 Å². The van der Waals surface area contributed by atoms with Crippen molar-refractivity contribution in [2.75, 3.05) is 0 Å². The van der Waals surface area contributed by atoms with Crippen LogP contribution in [0.3, 0.4) is 0 Å². The molecule has 0 radical (unpaired) electrons. The van der Waals surface area contributed by atoms with Crippen molar-refractivity contribution in [2.24, 2.45) is 10.7 Å². The molecule has 0 aliphatic carbocycles. The molecule has 1 aromatic carbocycles. The lowest BCUT2D eigenvalue weighted by Gasteiger charge is -2.02.